The van der Waals surface area contributed by atoms with Crippen molar-refractivity contribution >= 4 is 34.4 Å². The zero-order chi connectivity index (χ0) is 19.2. The highest BCUT2D eigenvalue weighted by molar-refractivity contribution is 6.30. The summed E-state index contributed by atoms with van der Waals surface area (Å²) in [6.07, 6.45) is 0.901. The second-order valence-corrected chi connectivity index (χ2v) is 6.66. The number of aromatic nitrogens is 2. The van der Waals surface area contributed by atoms with Crippen LogP contribution >= 0.6 is 11.6 Å². The van der Waals surface area contributed by atoms with Gasteiger partial charge in [0.15, 0.2) is 0 Å². The first kappa shape index (κ1) is 18.9. The fraction of sp³-hybridized carbons (Fsp3) is 0.250. The van der Waals surface area contributed by atoms with E-state index in [1.807, 2.05) is 35.9 Å². The average molecular weight is 385 g/mol. The SMILES string of the molecule is Cn1c(CNC(=O)CCCNC(=O)c2ccc(Cl)cc2)nc2ccccc21. The Kier molecular flexibility index (Phi) is 6.08. The molecular weight excluding hydrogens is 364 g/mol. The zero-order valence-electron chi connectivity index (χ0n) is 15.0. The van der Waals surface area contributed by atoms with Crippen LogP contribution in [-0.4, -0.2) is 27.9 Å². The Hall–Kier alpha value is -2.86. The van der Waals surface area contributed by atoms with Gasteiger partial charge >= 0.3 is 0 Å². The molecule has 0 aliphatic rings. The number of carbonyl (C=O) groups excluding carboxylic acids is 2. The number of aryl methyl sites for hydroxylation is 1. The number of amides is 2. The maximum Gasteiger partial charge on any atom is 0.251 e. The normalized spacial score (nSPS) is 10.7. The van der Waals surface area contributed by atoms with E-state index in [-0.39, 0.29) is 11.8 Å². The second-order valence-electron chi connectivity index (χ2n) is 6.22. The first-order chi connectivity index (χ1) is 13.0. The molecule has 1 heterocycles. The van der Waals surface area contributed by atoms with E-state index in [1.165, 1.54) is 0 Å². The lowest BCUT2D eigenvalue weighted by atomic mass is 10.2. The van der Waals surface area contributed by atoms with E-state index in [0.29, 0.717) is 36.5 Å². The highest BCUT2D eigenvalue weighted by atomic mass is 35.5. The second kappa shape index (κ2) is 8.68. The number of nitrogens with one attached hydrogen (secondary N) is 2. The lowest BCUT2D eigenvalue weighted by Crippen LogP contribution is -2.27. The quantitative estimate of drug-likeness (QED) is 0.615. The predicted octanol–water partition coefficient (Wildman–Crippen LogP) is 3.05. The van der Waals surface area contributed by atoms with Crippen LogP contribution in [0.5, 0.6) is 0 Å². The van der Waals surface area contributed by atoms with Gasteiger partial charge in [-0.1, -0.05) is 23.7 Å². The van der Waals surface area contributed by atoms with Crippen LogP contribution in [0.4, 0.5) is 0 Å². The Balaban J connectivity index is 1.40. The number of imidazole rings is 1. The van der Waals surface area contributed by atoms with Gasteiger partial charge in [-0.3, -0.25) is 9.59 Å². The molecule has 0 aliphatic carbocycles. The third-order valence-corrected chi connectivity index (χ3v) is 4.55. The molecule has 3 aromatic rings. The Morgan fingerprint density at radius 3 is 2.56 bits per heavy atom. The molecule has 3 rings (SSSR count). The summed E-state index contributed by atoms with van der Waals surface area (Å²) < 4.78 is 1.97. The number of para-hydroxylation sites is 2. The highest BCUT2D eigenvalue weighted by Gasteiger charge is 2.09. The molecule has 2 amide bonds. The van der Waals surface area contributed by atoms with E-state index in [4.69, 9.17) is 11.6 Å². The van der Waals surface area contributed by atoms with E-state index >= 15 is 0 Å². The monoisotopic (exact) mass is 384 g/mol. The van der Waals surface area contributed by atoms with E-state index in [9.17, 15) is 9.59 Å². The van der Waals surface area contributed by atoms with Crippen LogP contribution in [-0.2, 0) is 18.4 Å². The molecule has 7 heteroatoms. The summed E-state index contributed by atoms with van der Waals surface area (Å²) >= 11 is 5.80. The van der Waals surface area contributed by atoms with Crippen molar-refractivity contribution in [2.24, 2.45) is 7.05 Å². The number of nitrogens with zero attached hydrogens (tertiary/aromatic N) is 2. The summed E-state index contributed by atoms with van der Waals surface area (Å²) in [4.78, 5) is 28.5. The highest BCUT2D eigenvalue weighted by Crippen LogP contribution is 2.14. The Morgan fingerprint density at radius 2 is 1.81 bits per heavy atom. The number of halogens is 1. The molecule has 0 spiro atoms. The third kappa shape index (κ3) is 4.86. The number of hydrogen-bond donors (Lipinski definition) is 2. The van der Waals surface area contributed by atoms with Crippen LogP contribution in [0.15, 0.2) is 48.5 Å². The molecule has 0 radical (unpaired) electrons. The topological polar surface area (TPSA) is 76.0 Å². The number of hydrogen-bond acceptors (Lipinski definition) is 3. The lowest BCUT2D eigenvalue weighted by Gasteiger charge is -2.07. The van der Waals surface area contributed by atoms with Gasteiger partial charge in [0.1, 0.15) is 5.82 Å². The molecule has 0 aliphatic heterocycles. The summed E-state index contributed by atoms with van der Waals surface area (Å²) in [7, 11) is 1.93. The summed E-state index contributed by atoms with van der Waals surface area (Å²) in [6, 6.07) is 14.5. The van der Waals surface area contributed by atoms with Crippen LogP contribution in [0, 0.1) is 0 Å². The summed E-state index contributed by atoms with van der Waals surface area (Å²) in [6.45, 7) is 0.808. The molecule has 0 saturated carbocycles. The van der Waals surface area contributed by atoms with Crippen molar-refractivity contribution in [3.63, 3.8) is 0 Å². The minimum absolute atomic E-state index is 0.0669. The fourth-order valence-corrected chi connectivity index (χ4v) is 2.90. The molecule has 0 bridgehead atoms. The fourth-order valence-electron chi connectivity index (χ4n) is 2.77. The van der Waals surface area contributed by atoms with Gasteiger partial charge in [0.25, 0.3) is 5.91 Å². The van der Waals surface area contributed by atoms with Crippen molar-refractivity contribution in [1.82, 2.24) is 20.2 Å². The molecule has 0 fully saturated rings. The minimum Gasteiger partial charge on any atom is -0.352 e. The summed E-state index contributed by atoms with van der Waals surface area (Å²) in [5.41, 5.74) is 2.49. The smallest absolute Gasteiger partial charge is 0.251 e. The van der Waals surface area contributed by atoms with E-state index in [0.717, 1.165) is 16.9 Å². The first-order valence-electron chi connectivity index (χ1n) is 8.75. The van der Waals surface area contributed by atoms with Crippen molar-refractivity contribution in [2.75, 3.05) is 6.54 Å². The molecule has 0 atom stereocenters. The van der Waals surface area contributed by atoms with Crippen LogP contribution in [0.2, 0.25) is 5.02 Å². The van der Waals surface area contributed by atoms with E-state index in [1.54, 1.807) is 24.3 Å². The first-order valence-corrected chi connectivity index (χ1v) is 9.13. The Morgan fingerprint density at radius 1 is 1.07 bits per heavy atom. The maximum atomic E-state index is 12.0. The molecule has 2 N–H and O–H groups in total. The number of carbonyl (C=O) groups is 2. The third-order valence-electron chi connectivity index (χ3n) is 4.30. The number of benzene rings is 2. The van der Waals surface area contributed by atoms with Gasteiger partial charge in [0.2, 0.25) is 5.91 Å². The van der Waals surface area contributed by atoms with Crippen LogP contribution in [0.1, 0.15) is 29.0 Å². The zero-order valence-corrected chi connectivity index (χ0v) is 15.8. The molecule has 140 valence electrons. The molecule has 0 saturated heterocycles. The van der Waals surface area contributed by atoms with Gasteiger partial charge in [0.05, 0.1) is 17.6 Å². The van der Waals surface area contributed by atoms with E-state index < -0.39 is 0 Å². The van der Waals surface area contributed by atoms with Gasteiger partial charge in [-0.05, 0) is 42.8 Å². The molecule has 2 aromatic carbocycles. The molecule has 6 nitrogen and oxygen atoms in total. The van der Waals surface area contributed by atoms with Crippen molar-refractivity contribution in [3.05, 3.63) is 64.9 Å². The van der Waals surface area contributed by atoms with Crippen LogP contribution in [0.3, 0.4) is 0 Å². The molecule has 1 aromatic heterocycles. The van der Waals surface area contributed by atoms with Crippen molar-refractivity contribution in [2.45, 2.75) is 19.4 Å². The summed E-state index contributed by atoms with van der Waals surface area (Å²) in [5, 5.41) is 6.26. The largest absolute Gasteiger partial charge is 0.352 e. The predicted molar refractivity (Wildman–Crippen MR) is 106 cm³/mol. The van der Waals surface area contributed by atoms with E-state index in [2.05, 4.69) is 15.6 Å². The average Bonchev–Trinajstić information content (AvgIpc) is 3.00. The Bertz CT molecular complexity index is 950. The van der Waals surface area contributed by atoms with Gasteiger partial charge in [-0.2, -0.15) is 0 Å². The maximum absolute atomic E-state index is 12.0. The lowest BCUT2D eigenvalue weighted by molar-refractivity contribution is -0.121. The molecular formula is C20H21ClN4O2. The number of rotatable bonds is 7. The van der Waals surface area contributed by atoms with Gasteiger partial charge < -0.3 is 15.2 Å². The van der Waals surface area contributed by atoms with Gasteiger partial charge in [-0.15, -0.1) is 0 Å². The van der Waals surface area contributed by atoms with Crippen LogP contribution in [0.25, 0.3) is 11.0 Å². The van der Waals surface area contributed by atoms with Crippen LogP contribution < -0.4 is 10.6 Å². The standard InChI is InChI=1S/C20H21ClN4O2/c1-25-17-6-3-2-5-16(17)24-18(25)13-23-19(26)7-4-12-22-20(27)14-8-10-15(21)11-9-14/h2-3,5-6,8-11H,4,7,12-13H2,1H3,(H,22,27)(H,23,26). The molecule has 0 unspecified atom stereocenters. The van der Waals surface area contributed by atoms with Gasteiger partial charge in [-0.25, -0.2) is 4.98 Å². The van der Waals surface area contributed by atoms with Crippen molar-refractivity contribution < 1.29 is 9.59 Å². The minimum atomic E-state index is -0.174. The van der Waals surface area contributed by atoms with Crippen molar-refractivity contribution in [1.29, 1.82) is 0 Å². The summed E-state index contributed by atoms with van der Waals surface area (Å²) in [5.74, 6) is 0.565. The molecule has 27 heavy (non-hydrogen) atoms. The van der Waals surface area contributed by atoms with Crippen molar-refractivity contribution in [3.8, 4) is 0 Å². The number of fused-ring (bicyclic) bond motifs is 1. The van der Waals surface area contributed by atoms with Gasteiger partial charge in [0, 0.05) is 30.6 Å². The Labute approximate surface area is 162 Å².